The van der Waals surface area contributed by atoms with E-state index in [0.717, 1.165) is 5.69 Å². The third-order valence-electron chi connectivity index (χ3n) is 2.36. The van der Waals surface area contributed by atoms with Gasteiger partial charge in [-0.1, -0.05) is 6.07 Å². The highest BCUT2D eigenvalue weighted by Crippen LogP contribution is 2.13. The van der Waals surface area contributed by atoms with Crippen LogP contribution in [0.25, 0.3) is 0 Å². The lowest BCUT2D eigenvalue weighted by molar-refractivity contribution is 0.142. The molecule has 1 aromatic carbocycles. The van der Waals surface area contributed by atoms with E-state index in [1.807, 2.05) is 20.8 Å². The SMILES string of the molecule is Cc1cc(C)cc(NCCOC(=O)NC(C)(C)C)c1. The smallest absolute Gasteiger partial charge is 0.407 e. The van der Waals surface area contributed by atoms with Gasteiger partial charge in [0.15, 0.2) is 0 Å². The first-order chi connectivity index (χ1) is 8.76. The number of ether oxygens (including phenoxy) is 1. The van der Waals surface area contributed by atoms with Crippen LogP contribution in [0.4, 0.5) is 10.5 Å². The topological polar surface area (TPSA) is 50.4 Å². The molecule has 0 radical (unpaired) electrons. The molecule has 0 aliphatic carbocycles. The minimum atomic E-state index is -0.380. The summed E-state index contributed by atoms with van der Waals surface area (Å²) < 4.78 is 5.09. The van der Waals surface area contributed by atoms with E-state index in [9.17, 15) is 4.79 Å². The number of hydrogen-bond acceptors (Lipinski definition) is 3. The van der Waals surface area contributed by atoms with Gasteiger partial charge < -0.3 is 15.4 Å². The summed E-state index contributed by atoms with van der Waals surface area (Å²) in [5, 5.41) is 5.99. The zero-order chi connectivity index (χ0) is 14.5. The number of alkyl carbamates (subject to hydrolysis) is 1. The van der Waals surface area contributed by atoms with E-state index in [1.165, 1.54) is 11.1 Å². The predicted octanol–water partition coefficient (Wildman–Crippen LogP) is 3.24. The Morgan fingerprint density at radius 3 is 2.26 bits per heavy atom. The molecule has 0 heterocycles. The molecule has 106 valence electrons. The molecule has 1 amide bonds. The molecule has 19 heavy (non-hydrogen) atoms. The highest BCUT2D eigenvalue weighted by atomic mass is 16.5. The number of carbonyl (C=O) groups excluding carboxylic acids is 1. The summed E-state index contributed by atoms with van der Waals surface area (Å²) in [5.74, 6) is 0. The number of anilines is 1. The molecule has 0 unspecified atom stereocenters. The number of nitrogens with one attached hydrogen (secondary N) is 2. The summed E-state index contributed by atoms with van der Waals surface area (Å²) in [7, 11) is 0. The molecule has 0 saturated carbocycles. The maximum absolute atomic E-state index is 11.4. The fourth-order valence-electron chi connectivity index (χ4n) is 1.76. The van der Waals surface area contributed by atoms with Gasteiger partial charge >= 0.3 is 6.09 Å². The van der Waals surface area contributed by atoms with E-state index in [0.29, 0.717) is 13.2 Å². The van der Waals surface area contributed by atoms with Crippen LogP contribution in [0.5, 0.6) is 0 Å². The van der Waals surface area contributed by atoms with Crippen LogP contribution in [0, 0.1) is 13.8 Å². The lowest BCUT2D eigenvalue weighted by atomic mass is 10.1. The molecule has 0 bridgehead atoms. The average molecular weight is 264 g/mol. The lowest BCUT2D eigenvalue weighted by Crippen LogP contribution is -2.41. The van der Waals surface area contributed by atoms with Crippen LogP contribution in [-0.4, -0.2) is 24.8 Å². The fraction of sp³-hybridized carbons (Fsp3) is 0.533. The van der Waals surface area contributed by atoms with E-state index in [-0.39, 0.29) is 11.6 Å². The quantitative estimate of drug-likeness (QED) is 0.821. The molecule has 4 heteroatoms. The highest BCUT2D eigenvalue weighted by Gasteiger charge is 2.13. The van der Waals surface area contributed by atoms with Gasteiger partial charge in [0.25, 0.3) is 0 Å². The minimum absolute atomic E-state index is 0.266. The van der Waals surface area contributed by atoms with Crippen molar-refractivity contribution in [3.05, 3.63) is 29.3 Å². The lowest BCUT2D eigenvalue weighted by Gasteiger charge is -2.20. The van der Waals surface area contributed by atoms with Gasteiger partial charge in [0, 0.05) is 17.8 Å². The second kappa shape index (κ2) is 6.45. The first-order valence-corrected chi connectivity index (χ1v) is 6.53. The Balaban J connectivity index is 2.29. The van der Waals surface area contributed by atoms with Crippen LogP contribution in [0.2, 0.25) is 0 Å². The third kappa shape index (κ3) is 6.70. The van der Waals surface area contributed by atoms with Crippen molar-refractivity contribution in [2.24, 2.45) is 0 Å². The molecule has 4 nitrogen and oxygen atoms in total. The van der Waals surface area contributed by atoms with Gasteiger partial charge in [-0.3, -0.25) is 0 Å². The summed E-state index contributed by atoms with van der Waals surface area (Å²) in [6.45, 7) is 10.8. The van der Waals surface area contributed by atoms with Crippen molar-refractivity contribution >= 4 is 11.8 Å². The maximum atomic E-state index is 11.4. The predicted molar refractivity (Wildman–Crippen MR) is 78.6 cm³/mol. The van der Waals surface area contributed by atoms with Crippen molar-refractivity contribution in [1.29, 1.82) is 0 Å². The summed E-state index contributed by atoms with van der Waals surface area (Å²) in [4.78, 5) is 11.4. The molecule has 0 aliphatic rings. The number of amides is 1. The number of rotatable bonds is 4. The van der Waals surface area contributed by atoms with Crippen molar-refractivity contribution < 1.29 is 9.53 Å². The van der Waals surface area contributed by atoms with Gasteiger partial charge in [-0.25, -0.2) is 4.79 Å². The zero-order valence-corrected chi connectivity index (χ0v) is 12.5. The van der Waals surface area contributed by atoms with Crippen molar-refractivity contribution in [2.45, 2.75) is 40.2 Å². The molecule has 0 saturated heterocycles. The Kier molecular flexibility index (Phi) is 5.21. The zero-order valence-electron chi connectivity index (χ0n) is 12.5. The maximum Gasteiger partial charge on any atom is 0.407 e. The molecule has 2 N–H and O–H groups in total. The van der Waals surface area contributed by atoms with Gasteiger partial charge in [0.1, 0.15) is 6.61 Å². The Labute approximate surface area is 115 Å². The number of benzene rings is 1. The fourth-order valence-corrected chi connectivity index (χ4v) is 1.76. The number of hydrogen-bond donors (Lipinski definition) is 2. The van der Waals surface area contributed by atoms with E-state index < -0.39 is 0 Å². The summed E-state index contributed by atoms with van der Waals surface area (Å²) in [6, 6.07) is 6.27. The van der Waals surface area contributed by atoms with Gasteiger partial charge in [0.05, 0.1) is 0 Å². The van der Waals surface area contributed by atoms with Crippen molar-refractivity contribution in [2.75, 3.05) is 18.5 Å². The van der Waals surface area contributed by atoms with Gasteiger partial charge in [-0.2, -0.15) is 0 Å². The van der Waals surface area contributed by atoms with Crippen LogP contribution < -0.4 is 10.6 Å². The van der Waals surface area contributed by atoms with Gasteiger partial charge in [-0.05, 0) is 57.9 Å². The van der Waals surface area contributed by atoms with Crippen LogP contribution in [0.1, 0.15) is 31.9 Å². The normalized spacial score (nSPS) is 11.0. The second-order valence-corrected chi connectivity index (χ2v) is 5.81. The summed E-state index contributed by atoms with van der Waals surface area (Å²) in [6.07, 6.45) is -0.380. The summed E-state index contributed by atoms with van der Waals surface area (Å²) >= 11 is 0. The van der Waals surface area contributed by atoms with Crippen LogP contribution in [-0.2, 0) is 4.74 Å². The van der Waals surface area contributed by atoms with E-state index in [1.54, 1.807) is 0 Å². The largest absolute Gasteiger partial charge is 0.448 e. The van der Waals surface area contributed by atoms with Crippen molar-refractivity contribution in [3.8, 4) is 0 Å². The van der Waals surface area contributed by atoms with Crippen molar-refractivity contribution in [1.82, 2.24) is 5.32 Å². The second-order valence-electron chi connectivity index (χ2n) is 5.81. The van der Waals surface area contributed by atoms with E-state index in [4.69, 9.17) is 4.74 Å². The average Bonchev–Trinajstić information content (AvgIpc) is 2.20. The first kappa shape index (κ1) is 15.3. The van der Waals surface area contributed by atoms with Gasteiger partial charge in [-0.15, -0.1) is 0 Å². The monoisotopic (exact) mass is 264 g/mol. The Morgan fingerprint density at radius 2 is 1.74 bits per heavy atom. The Morgan fingerprint density at radius 1 is 1.16 bits per heavy atom. The molecule has 1 rings (SSSR count). The molecular formula is C15H24N2O2. The Bertz CT molecular complexity index is 416. The molecule has 0 atom stereocenters. The molecule has 0 fully saturated rings. The minimum Gasteiger partial charge on any atom is -0.448 e. The molecule has 0 aliphatic heterocycles. The van der Waals surface area contributed by atoms with Crippen LogP contribution >= 0.6 is 0 Å². The van der Waals surface area contributed by atoms with Gasteiger partial charge in [0.2, 0.25) is 0 Å². The number of aryl methyl sites for hydroxylation is 2. The first-order valence-electron chi connectivity index (χ1n) is 6.53. The number of carbonyl (C=O) groups is 1. The molecule has 1 aromatic rings. The molecular weight excluding hydrogens is 240 g/mol. The summed E-state index contributed by atoms with van der Waals surface area (Å²) in [5.41, 5.74) is 3.22. The van der Waals surface area contributed by atoms with E-state index >= 15 is 0 Å². The van der Waals surface area contributed by atoms with Crippen LogP contribution in [0.3, 0.4) is 0 Å². The molecule has 0 spiro atoms. The van der Waals surface area contributed by atoms with Crippen molar-refractivity contribution in [3.63, 3.8) is 0 Å². The highest BCUT2D eigenvalue weighted by molar-refractivity contribution is 5.68. The van der Waals surface area contributed by atoms with E-state index in [2.05, 4.69) is 42.7 Å². The standard InChI is InChI=1S/C15H24N2O2/c1-11-8-12(2)10-13(9-11)16-6-7-19-14(18)17-15(3,4)5/h8-10,16H,6-7H2,1-5H3,(H,17,18). The molecule has 0 aromatic heterocycles. The Hall–Kier alpha value is -1.71. The third-order valence-corrected chi connectivity index (χ3v) is 2.36. The van der Waals surface area contributed by atoms with Crippen LogP contribution in [0.15, 0.2) is 18.2 Å².